The van der Waals surface area contributed by atoms with E-state index in [9.17, 15) is 8.42 Å². The highest BCUT2D eigenvalue weighted by Gasteiger charge is 2.24. The van der Waals surface area contributed by atoms with Crippen molar-refractivity contribution in [3.05, 3.63) is 23.8 Å². The summed E-state index contributed by atoms with van der Waals surface area (Å²) < 4.78 is 30.0. The monoisotopic (exact) mass is 315 g/mol. The van der Waals surface area contributed by atoms with Gasteiger partial charge in [0.05, 0.1) is 13.7 Å². The number of nitrogens with zero attached hydrogens (tertiary/aromatic N) is 2. The molecule has 7 nitrogen and oxygen atoms in total. The summed E-state index contributed by atoms with van der Waals surface area (Å²) in [7, 11) is -0.284. The molecule has 1 saturated heterocycles. The zero-order valence-corrected chi connectivity index (χ0v) is 13.1. The number of likely N-dealkylation sites (N-methyl/N-ethyl adjacent to an activating group) is 1. The molecule has 21 heavy (non-hydrogen) atoms. The molecule has 1 aliphatic rings. The Bertz CT molecular complexity index is 583. The topological polar surface area (TPSA) is 82.1 Å². The average Bonchev–Trinajstić information content (AvgIpc) is 2.48. The number of ether oxygens (including phenoxy) is 1. The first-order chi connectivity index (χ1) is 9.96. The summed E-state index contributed by atoms with van der Waals surface area (Å²) in [6.45, 7) is 2.72. The molecule has 1 aromatic carbocycles. The maximum atomic E-state index is 12.5. The van der Waals surface area contributed by atoms with Crippen molar-refractivity contribution in [1.82, 2.24) is 14.7 Å². The number of aliphatic hydroxyl groups excluding tert-OH is 1. The number of methoxy groups -OCH3 is 1. The summed E-state index contributed by atoms with van der Waals surface area (Å²) in [6, 6.07) is 4.54. The fourth-order valence-corrected chi connectivity index (χ4v) is 3.42. The number of aliphatic hydroxyl groups is 1. The molecule has 8 heteroatoms. The summed E-state index contributed by atoms with van der Waals surface area (Å²) in [5.74, 6) is 0.225. The number of sulfonamides is 1. The standard InChI is InChI=1S/C13H21N3O4S/c1-15-5-7-16(8-6-15)14-21(18,19)13-4-3-11(10-17)9-12(13)20-2/h3-4,9,14,17H,5-8,10H2,1-2H3. The molecule has 0 saturated carbocycles. The van der Waals surface area contributed by atoms with Crippen LogP contribution in [0.25, 0.3) is 0 Å². The lowest BCUT2D eigenvalue weighted by atomic mass is 10.2. The SMILES string of the molecule is COc1cc(CO)ccc1S(=O)(=O)NN1CCN(C)CC1. The Morgan fingerprint density at radius 3 is 2.52 bits per heavy atom. The van der Waals surface area contributed by atoms with Gasteiger partial charge in [-0.05, 0) is 24.7 Å². The van der Waals surface area contributed by atoms with Crippen molar-refractivity contribution in [3.8, 4) is 5.75 Å². The van der Waals surface area contributed by atoms with Gasteiger partial charge in [-0.2, -0.15) is 0 Å². The highest BCUT2D eigenvalue weighted by molar-refractivity contribution is 7.89. The number of hydrogen-bond donors (Lipinski definition) is 2. The molecule has 0 unspecified atom stereocenters. The first-order valence-corrected chi connectivity index (χ1v) is 8.18. The van der Waals surface area contributed by atoms with Gasteiger partial charge in [-0.15, -0.1) is 4.83 Å². The molecule has 0 bridgehead atoms. The van der Waals surface area contributed by atoms with E-state index in [2.05, 4.69) is 9.73 Å². The van der Waals surface area contributed by atoms with Crippen LogP contribution in [-0.2, 0) is 16.6 Å². The third-order valence-electron chi connectivity index (χ3n) is 3.45. The third kappa shape index (κ3) is 3.92. The number of rotatable bonds is 5. The second-order valence-electron chi connectivity index (χ2n) is 5.03. The summed E-state index contributed by atoms with van der Waals surface area (Å²) in [4.78, 5) is 4.79. The maximum Gasteiger partial charge on any atom is 0.257 e. The van der Waals surface area contributed by atoms with Crippen LogP contribution in [0.5, 0.6) is 5.75 Å². The molecule has 118 valence electrons. The van der Waals surface area contributed by atoms with E-state index in [0.29, 0.717) is 18.7 Å². The van der Waals surface area contributed by atoms with Crippen molar-refractivity contribution in [3.63, 3.8) is 0 Å². The fraction of sp³-hybridized carbons (Fsp3) is 0.538. The minimum atomic E-state index is -3.69. The van der Waals surface area contributed by atoms with Crippen molar-refractivity contribution < 1.29 is 18.3 Å². The van der Waals surface area contributed by atoms with E-state index in [1.807, 2.05) is 7.05 Å². The molecule has 0 aromatic heterocycles. The molecule has 1 fully saturated rings. The van der Waals surface area contributed by atoms with E-state index in [1.165, 1.54) is 19.2 Å². The van der Waals surface area contributed by atoms with Crippen LogP contribution in [0.4, 0.5) is 0 Å². The molecule has 1 heterocycles. The lowest BCUT2D eigenvalue weighted by Gasteiger charge is -2.32. The first-order valence-electron chi connectivity index (χ1n) is 6.70. The van der Waals surface area contributed by atoms with Crippen molar-refractivity contribution >= 4 is 10.0 Å². The van der Waals surface area contributed by atoms with Gasteiger partial charge in [0.15, 0.2) is 0 Å². The summed E-state index contributed by atoms with van der Waals surface area (Å²) in [5.41, 5.74) is 0.602. The van der Waals surface area contributed by atoms with Crippen LogP contribution >= 0.6 is 0 Å². The van der Waals surface area contributed by atoms with Crippen molar-refractivity contribution in [2.75, 3.05) is 40.3 Å². The van der Waals surface area contributed by atoms with Gasteiger partial charge in [-0.25, -0.2) is 13.4 Å². The predicted octanol–water partition coefficient (Wildman–Crippen LogP) is -0.372. The highest BCUT2D eigenvalue weighted by Crippen LogP contribution is 2.25. The normalized spacial score (nSPS) is 17.9. The number of nitrogens with one attached hydrogen (secondary N) is 1. The smallest absolute Gasteiger partial charge is 0.257 e. The van der Waals surface area contributed by atoms with Gasteiger partial charge >= 0.3 is 0 Å². The summed E-state index contributed by atoms with van der Waals surface area (Å²) in [5, 5.41) is 10.8. The van der Waals surface area contributed by atoms with E-state index in [-0.39, 0.29) is 17.3 Å². The number of hydrazine groups is 1. The zero-order chi connectivity index (χ0) is 15.5. The average molecular weight is 315 g/mol. The van der Waals surface area contributed by atoms with Crippen LogP contribution in [0.1, 0.15) is 5.56 Å². The van der Waals surface area contributed by atoms with Crippen LogP contribution in [0.2, 0.25) is 0 Å². The molecule has 1 aromatic rings. The van der Waals surface area contributed by atoms with Gasteiger partial charge in [0.1, 0.15) is 10.6 Å². The number of piperazine rings is 1. The Morgan fingerprint density at radius 2 is 1.95 bits per heavy atom. The lowest BCUT2D eigenvalue weighted by molar-refractivity contribution is 0.134. The van der Waals surface area contributed by atoms with E-state index in [0.717, 1.165) is 13.1 Å². The lowest BCUT2D eigenvalue weighted by Crippen LogP contribution is -2.52. The van der Waals surface area contributed by atoms with Crippen LogP contribution in [0, 0.1) is 0 Å². The summed E-state index contributed by atoms with van der Waals surface area (Å²) in [6.07, 6.45) is 0. The molecule has 2 rings (SSSR count). The summed E-state index contributed by atoms with van der Waals surface area (Å²) >= 11 is 0. The maximum absolute atomic E-state index is 12.5. The predicted molar refractivity (Wildman–Crippen MR) is 78.3 cm³/mol. The van der Waals surface area contributed by atoms with Crippen LogP contribution in [0.3, 0.4) is 0 Å². The van der Waals surface area contributed by atoms with Gasteiger partial charge in [0, 0.05) is 26.2 Å². The molecule has 0 spiro atoms. The quantitative estimate of drug-likeness (QED) is 0.771. The Labute approximate surface area is 125 Å². The van der Waals surface area contributed by atoms with Crippen molar-refractivity contribution in [1.29, 1.82) is 0 Å². The molecule has 0 amide bonds. The Kier molecular flexibility index (Phi) is 5.17. The van der Waals surface area contributed by atoms with Gasteiger partial charge in [-0.1, -0.05) is 6.07 Å². The molecule has 1 aliphatic heterocycles. The highest BCUT2D eigenvalue weighted by atomic mass is 32.2. The second-order valence-corrected chi connectivity index (χ2v) is 6.66. The third-order valence-corrected chi connectivity index (χ3v) is 4.87. The van der Waals surface area contributed by atoms with E-state index < -0.39 is 10.0 Å². The molecule has 0 radical (unpaired) electrons. The van der Waals surface area contributed by atoms with Gasteiger partial charge in [-0.3, -0.25) is 0 Å². The minimum Gasteiger partial charge on any atom is -0.495 e. The fourth-order valence-electron chi connectivity index (χ4n) is 2.15. The zero-order valence-electron chi connectivity index (χ0n) is 12.2. The van der Waals surface area contributed by atoms with E-state index in [1.54, 1.807) is 11.1 Å². The van der Waals surface area contributed by atoms with Crippen LogP contribution in [0.15, 0.2) is 23.1 Å². The Morgan fingerprint density at radius 1 is 1.29 bits per heavy atom. The van der Waals surface area contributed by atoms with Crippen molar-refractivity contribution in [2.45, 2.75) is 11.5 Å². The molecule has 2 N–H and O–H groups in total. The van der Waals surface area contributed by atoms with E-state index in [4.69, 9.17) is 9.84 Å². The first kappa shape index (κ1) is 16.2. The van der Waals surface area contributed by atoms with Crippen LogP contribution < -0.4 is 9.57 Å². The molecule has 0 aliphatic carbocycles. The van der Waals surface area contributed by atoms with Crippen molar-refractivity contribution in [2.24, 2.45) is 0 Å². The Hall–Kier alpha value is -1.19. The van der Waals surface area contributed by atoms with Gasteiger partial charge < -0.3 is 14.7 Å². The number of benzene rings is 1. The van der Waals surface area contributed by atoms with Gasteiger partial charge in [0.25, 0.3) is 10.0 Å². The molecular formula is C13H21N3O4S. The second kappa shape index (κ2) is 6.71. The molecule has 0 atom stereocenters. The largest absolute Gasteiger partial charge is 0.495 e. The van der Waals surface area contributed by atoms with Crippen LogP contribution in [-0.4, -0.2) is 63.8 Å². The van der Waals surface area contributed by atoms with Gasteiger partial charge in [0.2, 0.25) is 0 Å². The van der Waals surface area contributed by atoms with E-state index >= 15 is 0 Å². The minimum absolute atomic E-state index is 0.0705. The molecular weight excluding hydrogens is 294 g/mol. The Balaban J connectivity index is 2.19. The number of hydrogen-bond acceptors (Lipinski definition) is 6.